The Hall–Kier alpha value is -0.660. The van der Waals surface area contributed by atoms with Gasteiger partial charge in [-0.3, -0.25) is 13.8 Å². The first-order valence-corrected chi connectivity index (χ1v) is 33.0. The molecule has 10 aliphatic rings. The number of rotatable bonds is 20. The molecule has 34 heteroatoms. The number of carbonyl (C=O) groups excluding carboxylic acids is 3. The number of hydrogen-bond donors (Lipinski definition) is 11. The number of carbonyl (C=O) groups is 3. The molecule has 31 nitrogen and oxygen atoms in total. The second-order valence-electron chi connectivity index (χ2n) is 28.6. The van der Waals surface area contributed by atoms with Gasteiger partial charge >= 0.3 is 65.1 Å². The molecule has 0 amide bonds. The van der Waals surface area contributed by atoms with Crippen LogP contribution in [0.5, 0.6) is 0 Å². The summed E-state index contributed by atoms with van der Waals surface area (Å²) in [4.78, 5) is 39.7. The van der Waals surface area contributed by atoms with Crippen LogP contribution in [0.4, 0.5) is 0 Å². The van der Waals surface area contributed by atoms with Crippen LogP contribution in [0.3, 0.4) is 0 Å². The van der Waals surface area contributed by atoms with Gasteiger partial charge in [-0.25, -0.2) is 8.42 Å². The number of aliphatic hydroxyl groups excluding tert-OH is 11. The van der Waals surface area contributed by atoms with Gasteiger partial charge in [-0.1, -0.05) is 53.2 Å². The molecule has 0 aromatic carbocycles. The molecule has 0 bridgehead atoms. The van der Waals surface area contributed by atoms with E-state index in [4.69, 9.17) is 56.8 Å². The number of cyclic esters (lactones) is 1. The van der Waals surface area contributed by atoms with Crippen LogP contribution in [-0.2, 0) is 85.8 Å². The zero-order valence-corrected chi connectivity index (χ0v) is 59.6. The van der Waals surface area contributed by atoms with E-state index in [9.17, 15) is 88.6 Å². The maximum absolute atomic E-state index is 14.5. The van der Waals surface area contributed by atoms with Gasteiger partial charge in [-0.15, -0.1) is 0 Å². The summed E-state index contributed by atoms with van der Waals surface area (Å²) >= 11 is 0. The number of aliphatic hydroxyl groups is 11. The normalized spacial score (nSPS) is 49.2. The fourth-order valence-electron chi connectivity index (χ4n) is 17.7. The molecule has 0 aromatic rings. The van der Waals surface area contributed by atoms with Crippen LogP contribution < -0.4 is 64.2 Å². The molecule has 9 fully saturated rings. The monoisotopic (exact) mass is 1390 g/mol. The average Bonchev–Trinajstić information content (AvgIpc) is 1.46. The van der Waals surface area contributed by atoms with Crippen LogP contribution >= 0.6 is 0 Å². The summed E-state index contributed by atoms with van der Waals surface area (Å²) in [6.45, 7) is 13.3. The second-order valence-corrected chi connectivity index (χ2v) is 29.7. The third-order valence-corrected chi connectivity index (χ3v) is 22.8. The van der Waals surface area contributed by atoms with Crippen molar-refractivity contribution < 1.29 is 209 Å². The van der Waals surface area contributed by atoms with E-state index >= 15 is 0 Å². The van der Waals surface area contributed by atoms with E-state index in [2.05, 4.69) is 38.0 Å². The third kappa shape index (κ3) is 14.3. The molecular weight excluding hydrogens is 1290 g/mol. The minimum Gasteiger partial charge on any atom is -0.726 e. The molecule has 0 aromatic heterocycles. The predicted octanol–water partition coefficient (Wildman–Crippen LogP) is -10.1. The van der Waals surface area contributed by atoms with Crippen molar-refractivity contribution in [2.45, 2.75) is 272 Å². The van der Waals surface area contributed by atoms with Gasteiger partial charge in [0.15, 0.2) is 31.5 Å². The number of allylic oxidation sites excluding steroid dienone is 2. The van der Waals surface area contributed by atoms with Crippen molar-refractivity contribution in [1.82, 2.24) is 0 Å². The van der Waals surface area contributed by atoms with E-state index in [1.54, 1.807) is 0 Å². The topological polar surface area (TPSA) is 474 Å². The van der Waals surface area contributed by atoms with Crippen molar-refractivity contribution in [3.63, 3.8) is 0 Å². The molecule has 1 spiro atoms. The Kier molecular flexibility index (Phi) is 25.2. The van der Waals surface area contributed by atoms with Gasteiger partial charge in [-0.05, 0) is 87.4 Å². The van der Waals surface area contributed by atoms with Crippen molar-refractivity contribution in [2.75, 3.05) is 26.9 Å². The summed E-state index contributed by atoms with van der Waals surface area (Å²) < 4.78 is 110. The number of methoxy groups -OCH3 is 1. The maximum Gasteiger partial charge on any atom is 1.00 e. The van der Waals surface area contributed by atoms with Gasteiger partial charge in [0, 0.05) is 31.3 Å². The molecule has 10 rings (SSSR count). The number of aliphatic carboxylic acids is 1. The van der Waals surface area contributed by atoms with Gasteiger partial charge in [0.1, 0.15) is 121 Å². The van der Waals surface area contributed by atoms with Gasteiger partial charge in [0.05, 0.1) is 43.4 Å². The zero-order chi connectivity index (χ0) is 67.4. The minimum atomic E-state index is -5.34. The molecular formula is C60H92Na2O31S. The SMILES string of the molecule is CO[C@@H]1[C@@H](O)[C@H](O[C@@H]2[C@@H](O)[C@H](O[C@H]3[C@H](O)[C@@H](O)[C@H](O[C@H]4[C@H](O[C@H]5CC[C@@]6(C)C(CC=C7[C@H]6CCC68C(=O)O[C@@](C)(CC(=O)CC(C)C)C6CC[C@@]78C)C5(C)C)OC[C@@H](O[C@@H]5O[C@H](COS(=O)(=O)[O-])[C@@H](O)[C@H](O)[C@H]5O)[C@@H]4O)O[C@@H]3C)O[C@H](CO)[C@H]2O)O[C@H](C(=O)[O-])[C@H]1O.[Na+].[Na+]. The summed E-state index contributed by atoms with van der Waals surface area (Å²) in [5, 5.41) is 135. The van der Waals surface area contributed by atoms with Crippen molar-refractivity contribution in [3.8, 4) is 0 Å². The number of carboxylic acid groups (broad SMARTS) is 1. The Morgan fingerprint density at radius 3 is 1.91 bits per heavy atom. The van der Waals surface area contributed by atoms with Crippen molar-refractivity contribution in [1.29, 1.82) is 0 Å². The Balaban J connectivity index is 0.00000567. The average molecular weight is 1390 g/mol. The van der Waals surface area contributed by atoms with Crippen molar-refractivity contribution in [3.05, 3.63) is 11.6 Å². The van der Waals surface area contributed by atoms with Crippen LogP contribution in [0.15, 0.2) is 11.6 Å². The molecule has 6 aliphatic heterocycles. The third-order valence-electron chi connectivity index (χ3n) is 22.4. The van der Waals surface area contributed by atoms with Gasteiger partial charge in [0.25, 0.3) is 0 Å². The summed E-state index contributed by atoms with van der Waals surface area (Å²) in [7, 11) is -4.30. The number of fused-ring (bicyclic) bond motifs is 4. The van der Waals surface area contributed by atoms with Crippen LogP contribution in [0, 0.1) is 45.3 Å². The summed E-state index contributed by atoms with van der Waals surface area (Å²) in [5.74, 6) is -2.02. The molecule has 3 saturated carbocycles. The van der Waals surface area contributed by atoms with Crippen LogP contribution in [0.2, 0.25) is 0 Å². The number of Topliss-reactive ketones (excluding diaryl/α,β-unsaturated/α-hetero) is 1. The zero-order valence-electron chi connectivity index (χ0n) is 54.8. The summed E-state index contributed by atoms with van der Waals surface area (Å²) in [5.41, 5.74) is -1.98. The Bertz CT molecular complexity index is 2810. The van der Waals surface area contributed by atoms with Crippen molar-refractivity contribution >= 4 is 28.1 Å². The molecule has 6 saturated heterocycles. The number of hydrogen-bond acceptors (Lipinski definition) is 31. The van der Waals surface area contributed by atoms with Crippen LogP contribution in [0.1, 0.15) is 113 Å². The molecule has 0 radical (unpaired) electrons. The van der Waals surface area contributed by atoms with E-state index in [0.29, 0.717) is 38.5 Å². The fourth-order valence-corrected chi connectivity index (χ4v) is 18.0. The standard InChI is InChI=1S/C60H94O31S.2Na/c1-23(2)18-25(62)19-59(8)32-13-16-58(7)27-10-11-31-56(4,5)33(14-15-57(31,6)26(27)12-17-60(32,58)55(75)91-59)86-54-48(36(65)29(21-80-54)84-51-39(68)37(66)34(63)30(85-51)22-81-92(76,77)78)90-50-40(69)38(67)44(24(3)82-50)87-52-43(72)46(35(64)28(20-61)83-52)88-53-42(71)45(79-9)41(70)47(89-53)49(73)74;;/h10,23-24,26,28-48,50-54,61,63-72H,11-22H2,1-9H3,(H,73,74)(H,76,77,78);;/q;2*+1/p-2/t24-,26-,28-,29-,30-,31?,32?,33+,34-,35-,36+,37+,38-,39-,40-,41+,42-,43-,44-,45+,46+,47+,48-,50+,51-,52+,53-,54+,57-,58+,59+,60?;;/m1../s1. The first-order chi connectivity index (χ1) is 43.0. The first-order valence-electron chi connectivity index (χ1n) is 31.7. The Labute approximate surface area is 589 Å². The quantitative estimate of drug-likeness (QED) is 0.0177. The van der Waals surface area contributed by atoms with E-state index in [1.165, 1.54) is 12.5 Å². The smallest absolute Gasteiger partial charge is 0.726 e. The van der Waals surface area contributed by atoms with Gasteiger partial charge in [0.2, 0.25) is 10.4 Å². The number of ketones is 1. The van der Waals surface area contributed by atoms with E-state index in [1.807, 2.05) is 20.8 Å². The maximum atomic E-state index is 14.5. The number of ether oxygens (including phenoxy) is 12. The Morgan fingerprint density at radius 2 is 1.28 bits per heavy atom. The molecule has 11 N–H and O–H groups in total. The Morgan fingerprint density at radius 1 is 0.670 bits per heavy atom. The summed E-state index contributed by atoms with van der Waals surface area (Å²) in [6.07, 6.45) is -38.3. The van der Waals surface area contributed by atoms with E-state index in [0.717, 1.165) is 20.0 Å². The predicted molar refractivity (Wildman–Crippen MR) is 300 cm³/mol. The van der Waals surface area contributed by atoms with E-state index < -0.39 is 212 Å². The van der Waals surface area contributed by atoms with Crippen LogP contribution in [0.25, 0.3) is 0 Å². The van der Waals surface area contributed by atoms with Gasteiger partial charge < -0.3 is 127 Å². The fraction of sp³-hybridized carbons (Fsp3) is 0.917. The van der Waals surface area contributed by atoms with Crippen molar-refractivity contribution in [2.24, 2.45) is 45.3 Å². The molecule has 94 heavy (non-hydrogen) atoms. The minimum absolute atomic E-state index is 0. The van der Waals surface area contributed by atoms with E-state index in [-0.39, 0.29) is 106 Å². The molecule has 526 valence electrons. The molecule has 32 atom stereocenters. The summed E-state index contributed by atoms with van der Waals surface area (Å²) in [6, 6.07) is 0. The first kappa shape index (κ1) is 79.0. The molecule has 6 heterocycles. The second kappa shape index (κ2) is 30.0. The molecule has 4 aliphatic carbocycles. The largest absolute Gasteiger partial charge is 1.00 e. The number of carboxylic acids is 1. The van der Waals surface area contributed by atoms with Crippen LogP contribution in [-0.4, -0.2) is 273 Å². The number of esters is 1. The van der Waals surface area contributed by atoms with Gasteiger partial charge in [-0.2, -0.15) is 0 Å². The molecule has 3 unspecified atom stereocenters.